The van der Waals surface area contributed by atoms with E-state index in [-0.39, 0.29) is 11.8 Å². The smallest absolute Gasteiger partial charge is 0.410 e. The normalized spacial score (nSPS) is 17.9. The van der Waals surface area contributed by atoms with Crippen molar-refractivity contribution in [1.82, 2.24) is 19.7 Å². The van der Waals surface area contributed by atoms with Gasteiger partial charge < -0.3 is 14.4 Å². The number of rotatable bonds is 7. The quantitative estimate of drug-likeness (QED) is 0.581. The summed E-state index contributed by atoms with van der Waals surface area (Å²) in [7, 11) is 1.64. The summed E-state index contributed by atoms with van der Waals surface area (Å²) in [4.78, 5) is 25.7. The molecule has 1 saturated heterocycles. The van der Waals surface area contributed by atoms with Gasteiger partial charge in [-0.3, -0.25) is 4.57 Å². The van der Waals surface area contributed by atoms with E-state index in [1.54, 1.807) is 28.3 Å². The first kappa shape index (κ1) is 19.8. The fourth-order valence-corrected chi connectivity index (χ4v) is 3.73. The molecular weight excluding hydrogens is 344 g/mol. The molecule has 1 atom stereocenters. The van der Waals surface area contributed by atoms with Crippen LogP contribution in [0.3, 0.4) is 0 Å². The molecule has 0 aliphatic carbocycles. The van der Waals surface area contributed by atoms with Crippen molar-refractivity contribution >= 4 is 17.9 Å². The topological polar surface area (TPSA) is 89.4 Å². The van der Waals surface area contributed by atoms with Crippen molar-refractivity contribution in [3.8, 4) is 0 Å². The van der Waals surface area contributed by atoms with Crippen LogP contribution < -0.4 is 5.69 Å². The van der Waals surface area contributed by atoms with Crippen LogP contribution in [0.15, 0.2) is 9.95 Å². The highest BCUT2D eigenvalue weighted by Gasteiger charge is 2.30. The largest absolute Gasteiger partial charge is 0.444 e. The van der Waals surface area contributed by atoms with Crippen molar-refractivity contribution in [3.05, 3.63) is 10.5 Å². The lowest BCUT2D eigenvalue weighted by atomic mass is 10.2. The van der Waals surface area contributed by atoms with Gasteiger partial charge in [0.2, 0.25) is 0 Å². The number of aromatic amines is 1. The van der Waals surface area contributed by atoms with Gasteiger partial charge in [-0.05, 0) is 39.5 Å². The van der Waals surface area contributed by atoms with Crippen LogP contribution in [0.5, 0.6) is 0 Å². The molecule has 1 aromatic rings. The molecule has 0 radical (unpaired) electrons. The van der Waals surface area contributed by atoms with E-state index >= 15 is 0 Å². The van der Waals surface area contributed by atoms with Crippen LogP contribution in [0.25, 0.3) is 0 Å². The Hall–Kier alpha value is -1.48. The Morgan fingerprint density at radius 1 is 1.44 bits per heavy atom. The summed E-state index contributed by atoms with van der Waals surface area (Å²) in [5.74, 6) is 1.19. The molecule has 142 valence electrons. The van der Waals surface area contributed by atoms with E-state index in [1.807, 2.05) is 20.8 Å². The molecule has 1 aliphatic heterocycles. The molecule has 0 aromatic carbocycles. The third-order valence-corrected chi connectivity index (χ3v) is 5.05. The molecule has 8 nitrogen and oxygen atoms in total. The standard InChI is InChI=1S/C16H28N4O4S/c1-16(2,3)24-15(22)19-8-6-12(10-19)11-25-14-18-17-13(21)20(14)7-5-9-23-4/h12H,5-11H2,1-4H3,(H,17,21)/t12-/m1/s1. The minimum absolute atomic E-state index is 0.194. The Morgan fingerprint density at radius 3 is 2.88 bits per heavy atom. The maximum absolute atomic E-state index is 12.1. The van der Waals surface area contributed by atoms with Gasteiger partial charge in [0.1, 0.15) is 5.60 Å². The molecule has 1 N–H and O–H groups in total. The number of carbonyl (C=O) groups excluding carboxylic acids is 1. The van der Waals surface area contributed by atoms with Gasteiger partial charge in [-0.2, -0.15) is 0 Å². The zero-order valence-corrected chi connectivity index (χ0v) is 16.2. The number of thioether (sulfide) groups is 1. The summed E-state index contributed by atoms with van der Waals surface area (Å²) in [5.41, 5.74) is -0.669. The number of hydrogen-bond donors (Lipinski definition) is 1. The van der Waals surface area contributed by atoms with Gasteiger partial charge in [0.25, 0.3) is 0 Å². The van der Waals surface area contributed by atoms with E-state index in [0.29, 0.717) is 37.3 Å². The molecule has 1 aromatic heterocycles. The number of methoxy groups -OCH3 is 1. The van der Waals surface area contributed by atoms with Crippen molar-refractivity contribution in [1.29, 1.82) is 0 Å². The summed E-state index contributed by atoms with van der Waals surface area (Å²) in [5, 5.41) is 7.30. The first-order valence-corrected chi connectivity index (χ1v) is 9.53. The highest BCUT2D eigenvalue weighted by molar-refractivity contribution is 7.99. The van der Waals surface area contributed by atoms with Gasteiger partial charge in [-0.15, -0.1) is 5.10 Å². The molecule has 0 spiro atoms. The van der Waals surface area contributed by atoms with E-state index in [2.05, 4.69) is 10.2 Å². The van der Waals surface area contributed by atoms with E-state index in [0.717, 1.165) is 18.6 Å². The van der Waals surface area contributed by atoms with Gasteiger partial charge in [-0.25, -0.2) is 14.7 Å². The number of hydrogen-bond acceptors (Lipinski definition) is 6. The van der Waals surface area contributed by atoms with Crippen LogP contribution in [0.1, 0.15) is 33.6 Å². The highest BCUT2D eigenvalue weighted by Crippen LogP contribution is 2.25. The van der Waals surface area contributed by atoms with Crippen LogP contribution in [-0.2, 0) is 16.0 Å². The number of nitrogens with zero attached hydrogens (tertiary/aromatic N) is 3. The minimum Gasteiger partial charge on any atom is -0.444 e. The second-order valence-corrected chi connectivity index (χ2v) is 8.19. The summed E-state index contributed by atoms with van der Waals surface area (Å²) >= 11 is 1.55. The zero-order valence-electron chi connectivity index (χ0n) is 15.4. The second kappa shape index (κ2) is 8.75. The van der Waals surface area contributed by atoms with Crippen LogP contribution >= 0.6 is 11.8 Å². The average molecular weight is 372 g/mol. The maximum atomic E-state index is 12.1. The number of amides is 1. The second-order valence-electron chi connectivity index (χ2n) is 7.20. The third kappa shape index (κ3) is 6.07. The Bertz CT molecular complexity index is 622. The Balaban J connectivity index is 1.83. The zero-order chi connectivity index (χ0) is 18.4. The Kier molecular flexibility index (Phi) is 6.95. The first-order valence-electron chi connectivity index (χ1n) is 8.55. The van der Waals surface area contributed by atoms with Crippen LogP contribution in [0.2, 0.25) is 0 Å². The fraction of sp³-hybridized carbons (Fsp3) is 0.812. The molecule has 2 heterocycles. The molecule has 0 bridgehead atoms. The average Bonchev–Trinajstić information content (AvgIpc) is 3.12. The van der Waals surface area contributed by atoms with Crippen molar-refractivity contribution in [3.63, 3.8) is 0 Å². The molecule has 9 heteroatoms. The first-order chi connectivity index (χ1) is 11.8. The van der Waals surface area contributed by atoms with E-state index < -0.39 is 5.60 Å². The molecular formula is C16H28N4O4S. The van der Waals surface area contributed by atoms with Crippen molar-refractivity contribution < 1.29 is 14.3 Å². The van der Waals surface area contributed by atoms with Gasteiger partial charge in [0.15, 0.2) is 5.16 Å². The van der Waals surface area contributed by atoms with Crippen LogP contribution in [0, 0.1) is 5.92 Å². The van der Waals surface area contributed by atoms with Crippen molar-refractivity contribution in [2.24, 2.45) is 5.92 Å². The summed E-state index contributed by atoms with van der Waals surface area (Å²) < 4.78 is 12.1. The number of carbonyl (C=O) groups is 1. The number of aromatic nitrogens is 3. The van der Waals surface area contributed by atoms with E-state index in [9.17, 15) is 9.59 Å². The SMILES string of the molecule is COCCCn1c(SC[C@@H]2CCN(C(=O)OC(C)(C)C)C2)n[nH]c1=O. The summed E-state index contributed by atoms with van der Waals surface area (Å²) in [6, 6.07) is 0. The predicted octanol–water partition coefficient (Wildman–Crippen LogP) is 1.96. The predicted molar refractivity (Wildman–Crippen MR) is 96.0 cm³/mol. The molecule has 2 rings (SSSR count). The molecule has 1 amide bonds. The van der Waals surface area contributed by atoms with Crippen LogP contribution in [0.4, 0.5) is 4.79 Å². The Morgan fingerprint density at radius 2 is 2.20 bits per heavy atom. The lowest BCUT2D eigenvalue weighted by Gasteiger charge is -2.24. The number of likely N-dealkylation sites (tertiary alicyclic amines) is 1. The van der Waals surface area contributed by atoms with Crippen molar-refractivity contribution in [2.75, 3.05) is 32.6 Å². The lowest BCUT2D eigenvalue weighted by molar-refractivity contribution is 0.0289. The summed E-state index contributed by atoms with van der Waals surface area (Å²) in [6.07, 6.45) is 1.44. The van der Waals surface area contributed by atoms with E-state index in [1.165, 1.54) is 0 Å². The van der Waals surface area contributed by atoms with Gasteiger partial charge in [0, 0.05) is 39.1 Å². The molecule has 0 saturated carbocycles. The monoisotopic (exact) mass is 372 g/mol. The molecule has 1 fully saturated rings. The Labute approximate surface area is 152 Å². The van der Waals surface area contributed by atoms with Crippen molar-refractivity contribution in [2.45, 2.75) is 50.9 Å². The number of ether oxygens (including phenoxy) is 2. The van der Waals surface area contributed by atoms with Gasteiger partial charge >= 0.3 is 11.8 Å². The fourth-order valence-electron chi connectivity index (χ4n) is 2.63. The summed E-state index contributed by atoms with van der Waals surface area (Å²) in [6.45, 7) is 8.19. The molecule has 25 heavy (non-hydrogen) atoms. The van der Waals surface area contributed by atoms with Gasteiger partial charge in [0.05, 0.1) is 0 Å². The lowest BCUT2D eigenvalue weighted by Crippen LogP contribution is -2.35. The maximum Gasteiger partial charge on any atom is 0.410 e. The third-order valence-electron chi connectivity index (χ3n) is 3.84. The number of H-pyrrole nitrogens is 1. The van der Waals surface area contributed by atoms with E-state index in [4.69, 9.17) is 9.47 Å². The molecule has 1 aliphatic rings. The number of nitrogens with one attached hydrogen (secondary N) is 1. The van der Waals surface area contributed by atoms with Gasteiger partial charge in [-0.1, -0.05) is 11.8 Å². The van der Waals surface area contributed by atoms with Crippen LogP contribution in [-0.4, -0.2) is 63.9 Å². The minimum atomic E-state index is -0.475. The highest BCUT2D eigenvalue weighted by atomic mass is 32.2. The molecule has 0 unspecified atom stereocenters.